The number of aromatic amines is 1. The lowest BCUT2D eigenvalue weighted by atomic mass is 9.80. The molecule has 0 spiro atoms. The Hall–Kier alpha value is -2.28. The van der Waals surface area contributed by atoms with Gasteiger partial charge in [-0.15, -0.1) is 0 Å². The lowest BCUT2D eigenvalue weighted by Crippen LogP contribution is -2.48. The van der Waals surface area contributed by atoms with Gasteiger partial charge in [0.1, 0.15) is 0 Å². The molecule has 0 amide bonds. The van der Waals surface area contributed by atoms with Crippen LogP contribution in [0.5, 0.6) is 0 Å². The van der Waals surface area contributed by atoms with Crippen molar-refractivity contribution in [2.75, 3.05) is 24.6 Å². The maximum atomic E-state index is 14.0. The SMILES string of the molecule is O=c1cc(-c2ccncc2F)nc(N2CCO[C@H](C3CCC3)C2)[nH]1. The molecule has 1 saturated carbocycles. The molecule has 0 aromatic carbocycles. The first-order chi connectivity index (χ1) is 11.7. The highest BCUT2D eigenvalue weighted by molar-refractivity contribution is 5.60. The van der Waals surface area contributed by atoms with Gasteiger partial charge < -0.3 is 9.64 Å². The second-order valence-electron chi connectivity index (χ2n) is 6.36. The van der Waals surface area contributed by atoms with Crippen LogP contribution in [0, 0.1) is 11.7 Å². The number of rotatable bonds is 3. The van der Waals surface area contributed by atoms with Crippen LogP contribution in [-0.2, 0) is 4.74 Å². The Morgan fingerprint density at radius 3 is 3.00 bits per heavy atom. The van der Waals surface area contributed by atoms with Gasteiger partial charge in [-0.2, -0.15) is 0 Å². The van der Waals surface area contributed by atoms with Gasteiger partial charge in [0, 0.05) is 30.9 Å². The minimum Gasteiger partial charge on any atom is -0.374 e. The van der Waals surface area contributed by atoms with Gasteiger partial charge in [-0.05, 0) is 24.8 Å². The molecule has 1 saturated heterocycles. The number of ether oxygens (including phenoxy) is 1. The van der Waals surface area contributed by atoms with E-state index in [1.54, 1.807) is 0 Å². The van der Waals surface area contributed by atoms with Crippen molar-refractivity contribution in [1.82, 2.24) is 15.0 Å². The summed E-state index contributed by atoms with van der Waals surface area (Å²) < 4.78 is 19.8. The molecule has 1 N–H and O–H groups in total. The Morgan fingerprint density at radius 2 is 2.25 bits per heavy atom. The van der Waals surface area contributed by atoms with E-state index in [2.05, 4.69) is 15.0 Å². The number of hydrogen-bond donors (Lipinski definition) is 1. The van der Waals surface area contributed by atoms with E-state index in [0.29, 0.717) is 37.3 Å². The van der Waals surface area contributed by atoms with Crippen molar-refractivity contribution in [3.05, 3.63) is 40.7 Å². The summed E-state index contributed by atoms with van der Waals surface area (Å²) in [5, 5.41) is 0. The Kier molecular flexibility index (Phi) is 4.02. The van der Waals surface area contributed by atoms with Crippen LogP contribution in [0.4, 0.5) is 10.3 Å². The van der Waals surface area contributed by atoms with Crippen LogP contribution in [0.15, 0.2) is 29.3 Å². The Morgan fingerprint density at radius 1 is 1.38 bits per heavy atom. The molecule has 7 heteroatoms. The molecule has 2 fully saturated rings. The first kappa shape index (κ1) is 15.3. The van der Waals surface area contributed by atoms with Crippen molar-refractivity contribution in [2.45, 2.75) is 25.4 Å². The maximum absolute atomic E-state index is 14.0. The predicted octanol–water partition coefficient (Wildman–Crippen LogP) is 1.98. The molecule has 24 heavy (non-hydrogen) atoms. The molecule has 3 heterocycles. The van der Waals surface area contributed by atoms with E-state index in [1.165, 1.54) is 37.6 Å². The third kappa shape index (κ3) is 2.91. The summed E-state index contributed by atoms with van der Waals surface area (Å²) in [6, 6.07) is 2.84. The Labute approximate surface area is 138 Å². The highest BCUT2D eigenvalue weighted by Gasteiger charge is 2.32. The summed E-state index contributed by atoms with van der Waals surface area (Å²) in [6.45, 7) is 1.98. The topological polar surface area (TPSA) is 71.1 Å². The number of nitrogens with one attached hydrogen (secondary N) is 1. The van der Waals surface area contributed by atoms with E-state index >= 15 is 0 Å². The van der Waals surface area contributed by atoms with Gasteiger partial charge in [-0.3, -0.25) is 14.8 Å². The molecule has 4 rings (SSSR count). The zero-order valence-electron chi connectivity index (χ0n) is 13.2. The van der Waals surface area contributed by atoms with Crippen LogP contribution in [-0.4, -0.2) is 40.8 Å². The molecule has 6 nitrogen and oxygen atoms in total. The van der Waals surface area contributed by atoms with Crippen LogP contribution in [0.25, 0.3) is 11.3 Å². The van der Waals surface area contributed by atoms with Gasteiger partial charge in [0.05, 0.1) is 24.6 Å². The summed E-state index contributed by atoms with van der Waals surface area (Å²) in [6.07, 6.45) is 6.45. The van der Waals surface area contributed by atoms with Crippen LogP contribution >= 0.6 is 0 Å². The molecule has 1 atom stereocenters. The standard InChI is InChI=1S/C17H19FN4O2/c18-13-9-19-5-4-12(13)14-8-16(23)21-17(20-14)22-6-7-24-15(10-22)11-2-1-3-11/h4-5,8-9,11,15H,1-3,6-7,10H2,(H,20,21,23)/t15-/m0/s1. The van der Waals surface area contributed by atoms with Gasteiger partial charge in [0.2, 0.25) is 5.95 Å². The smallest absolute Gasteiger partial charge is 0.252 e. The number of hydrogen-bond acceptors (Lipinski definition) is 5. The molecular weight excluding hydrogens is 311 g/mol. The van der Waals surface area contributed by atoms with Crippen molar-refractivity contribution < 1.29 is 9.13 Å². The van der Waals surface area contributed by atoms with Gasteiger partial charge in [0.25, 0.3) is 5.56 Å². The number of pyridine rings is 1. The second-order valence-corrected chi connectivity index (χ2v) is 6.36. The average molecular weight is 330 g/mol. The maximum Gasteiger partial charge on any atom is 0.252 e. The van der Waals surface area contributed by atoms with Crippen molar-refractivity contribution in [1.29, 1.82) is 0 Å². The fourth-order valence-electron chi connectivity index (χ4n) is 3.28. The monoisotopic (exact) mass is 330 g/mol. The van der Waals surface area contributed by atoms with Gasteiger partial charge in [-0.25, -0.2) is 9.37 Å². The normalized spacial score (nSPS) is 21.5. The summed E-state index contributed by atoms with van der Waals surface area (Å²) in [5.74, 6) is 0.581. The van der Waals surface area contributed by atoms with Gasteiger partial charge in [-0.1, -0.05) is 6.42 Å². The summed E-state index contributed by atoms with van der Waals surface area (Å²) in [7, 11) is 0. The fraction of sp³-hybridized carbons (Fsp3) is 0.471. The second kappa shape index (κ2) is 6.32. The van der Waals surface area contributed by atoms with E-state index in [4.69, 9.17) is 4.74 Å². The Bertz CT molecular complexity index is 790. The first-order valence-electron chi connectivity index (χ1n) is 8.28. The minimum absolute atomic E-state index is 0.180. The van der Waals surface area contributed by atoms with Crippen LogP contribution in [0.3, 0.4) is 0 Å². The zero-order valence-corrected chi connectivity index (χ0v) is 13.2. The molecule has 126 valence electrons. The zero-order chi connectivity index (χ0) is 16.5. The van der Waals surface area contributed by atoms with E-state index in [-0.39, 0.29) is 17.2 Å². The van der Waals surface area contributed by atoms with Crippen LogP contribution < -0.4 is 10.5 Å². The average Bonchev–Trinajstić information content (AvgIpc) is 2.53. The number of morpholine rings is 1. The fourth-order valence-corrected chi connectivity index (χ4v) is 3.28. The molecule has 0 radical (unpaired) electrons. The highest BCUT2D eigenvalue weighted by Crippen LogP contribution is 2.33. The molecule has 2 aliphatic rings. The molecule has 0 bridgehead atoms. The minimum atomic E-state index is -0.490. The van der Waals surface area contributed by atoms with E-state index in [1.807, 2.05) is 4.90 Å². The Balaban J connectivity index is 1.63. The summed E-state index contributed by atoms with van der Waals surface area (Å²) >= 11 is 0. The quantitative estimate of drug-likeness (QED) is 0.932. The molecule has 1 aliphatic heterocycles. The van der Waals surface area contributed by atoms with Crippen molar-refractivity contribution in [2.24, 2.45) is 5.92 Å². The number of halogens is 1. The van der Waals surface area contributed by atoms with Crippen LogP contribution in [0.2, 0.25) is 0 Å². The van der Waals surface area contributed by atoms with E-state index in [9.17, 15) is 9.18 Å². The molecule has 1 aliphatic carbocycles. The van der Waals surface area contributed by atoms with Gasteiger partial charge >= 0.3 is 0 Å². The first-order valence-corrected chi connectivity index (χ1v) is 8.28. The summed E-state index contributed by atoms with van der Waals surface area (Å²) in [5.41, 5.74) is 0.305. The largest absolute Gasteiger partial charge is 0.374 e. The van der Waals surface area contributed by atoms with E-state index < -0.39 is 5.82 Å². The number of nitrogens with zero attached hydrogens (tertiary/aromatic N) is 3. The highest BCUT2D eigenvalue weighted by atomic mass is 19.1. The van der Waals surface area contributed by atoms with Crippen molar-refractivity contribution >= 4 is 5.95 Å². The van der Waals surface area contributed by atoms with Crippen LogP contribution in [0.1, 0.15) is 19.3 Å². The van der Waals surface area contributed by atoms with Crippen molar-refractivity contribution in [3.63, 3.8) is 0 Å². The number of anilines is 1. The summed E-state index contributed by atoms with van der Waals surface area (Å²) in [4.78, 5) is 25.0. The molecule has 2 aromatic heterocycles. The predicted molar refractivity (Wildman–Crippen MR) is 87.3 cm³/mol. The third-order valence-corrected chi connectivity index (χ3v) is 4.85. The molecule has 2 aromatic rings. The lowest BCUT2D eigenvalue weighted by Gasteiger charge is -2.40. The van der Waals surface area contributed by atoms with E-state index in [0.717, 1.165) is 6.20 Å². The van der Waals surface area contributed by atoms with Gasteiger partial charge in [0.15, 0.2) is 5.82 Å². The number of aromatic nitrogens is 3. The third-order valence-electron chi connectivity index (χ3n) is 4.85. The number of H-pyrrole nitrogens is 1. The molecule has 0 unspecified atom stereocenters. The van der Waals surface area contributed by atoms with Crippen molar-refractivity contribution in [3.8, 4) is 11.3 Å². The lowest BCUT2D eigenvalue weighted by molar-refractivity contribution is -0.0227. The molecular formula is C17H19FN4O2.